The summed E-state index contributed by atoms with van der Waals surface area (Å²) < 4.78 is 16.0. The van der Waals surface area contributed by atoms with Crippen LogP contribution in [0.5, 0.6) is 0 Å². The zero-order valence-electron chi connectivity index (χ0n) is 15.5. The van der Waals surface area contributed by atoms with Gasteiger partial charge in [-0.15, -0.1) is 20.4 Å². The summed E-state index contributed by atoms with van der Waals surface area (Å²) in [6.07, 6.45) is 4.35. The Balaban J connectivity index is 1.40. The molecule has 3 aromatic rings. The van der Waals surface area contributed by atoms with Crippen molar-refractivity contribution in [3.63, 3.8) is 0 Å². The van der Waals surface area contributed by atoms with E-state index in [4.69, 9.17) is 0 Å². The van der Waals surface area contributed by atoms with E-state index in [0.717, 1.165) is 41.9 Å². The molecule has 1 aliphatic rings. The van der Waals surface area contributed by atoms with E-state index < -0.39 is 0 Å². The van der Waals surface area contributed by atoms with Crippen molar-refractivity contribution in [2.24, 2.45) is 0 Å². The van der Waals surface area contributed by atoms with Crippen molar-refractivity contribution < 1.29 is 4.39 Å². The third kappa shape index (κ3) is 3.85. The zero-order chi connectivity index (χ0) is 18.8. The Morgan fingerprint density at radius 3 is 2.67 bits per heavy atom. The van der Waals surface area contributed by atoms with Crippen LogP contribution in [0.2, 0.25) is 0 Å². The smallest absolute Gasteiger partial charge is 0.208 e. The molecule has 27 heavy (non-hydrogen) atoms. The second kappa shape index (κ2) is 7.72. The molecular weight excluding hydrogens is 363 g/mol. The zero-order valence-corrected chi connectivity index (χ0v) is 16.4. The largest absolute Gasteiger partial charge is 0.347 e. The number of halogens is 1. The standard InChI is InChI=1S/C19H23FN6S/c1-13(2)26-12-21-23-18(26)14-7-9-25(10-8-14)19-24-22-17(27-19)11-15-5-3-4-6-16(15)20/h3-6,12-14H,7-11H2,1-2H3. The molecule has 0 aliphatic carbocycles. The Morgan fingerprint density at radius 2 is 1.93 bits per heavy atom. The Morgan fingerprint density at radius 1 is 1.15 bits per heavy atom. The lowest BCUT2D eigenvalue weighted by atomic mass is 9.96. The minimum absolute atomic E-state index is 0.190. The molecule has 1 saturated heterocycles. The first kappa shape index (κ1) is 18.0. The van der Waals surface area contributed by atoms with Gasteiger partial charge in [0.2, 0.25) is 5.13 Å². The van der Waals surface area contributed by atoms with Crippen LogP contribution >= 0.6 is 11.3 Å². The molecule has 4 rings (SSSR count). The molecule has 3 heterocycles. The van der Waals surface area contributed by atoms with Gasteiger partial charge >= 0.3 is 0 Å². The molecule has 0 N–H and O–H groups in total. The van der Waals surface area contributed by atoms with E-state index in [1.807, 2.05) is 12.4 Å². The fraction of sp³-hybridized carbons (Fsp3) is 0.474. The van der Waals surface area contributed by atoms with E-state index in [-0.39, 0.29) is 5.82 Å². The summed E-state index contributed by atoms with van der Waals surface area (Å²) in [5.41, 5.74) is 0.659. The molecule has 2 aromatic heterocycles. The maximum Gasteiger partial charge on any atom is 0.208 e. The van der Waals surface area contributed by atoms with Gasteiger partial charge in [-0.3, -0.25) is 0 Å². The quantitative estimate of drug-likeness (QED) is 0.667. The molecule has 0 atom stereocenters. The van der Waals surface area contributed by atoms with Crippen molar-refractivity contribution in [1.82, 2.24) is 25.0 Å². The van der Waals surface area contributed by atoms with Crippen molar-refractivity contribution in [2.75, 3.05) is 18.0 Å². The molecule has 142 valence electrons. The highest BCUT2D eigenvalue weighted by Crippen LogP contribution is 2.32. The van der Waals surface area contributed by atoms with Gasteiger partial charge in [0.25, 0.3) is 0 Å². The predicted octanol–water partition coefficient (Wildman–Crippen LogP) is 3.82. The molecule has 0 saturated carbocycles. The Kier molecular flexibility index (Phi) is 5.15. The molecule has 1 aromatic carbocycles. The summed E-state index contributed by atoms with van der Waals surface area (Å²) in [7, 11) is 0. The topological polar surface area (TPSA) is 59.7 Å². The second-order valence-corrected chi connectivity index (χ2v) is 8.24. The van der Waals surface area contributed by atoms with Crippen molar-refractivity contribution in [1.29, 1.82) is 0 Å². The molecule has 6 nitrogen and oxygen atoms in total. The molecule has 8 heteroatoms. The van der Waals surface area contributed by atoms with E-state index in [9.17, 15) is 4.39 Å². The van der Waals surface area contributed by atoms with Crippen LogP contribution in [-0.2, 0) is 6.42 Å². The molecule has 0 spiro atoms. The summed E-state index contributed by atoms with van der Waals surface area (Å²) in [5, 5.41) is 18.8. The van der Waals surface area contributed by atoms with Crippen LogP contribution in [0.3, 0.4) is 0 Å². The molecule has 0 radical (unpaired) electrons. The summed E-state index contributed by atoms with van der Waals surface area (Å²) >= 11 is 1.55. The molecule has 0 bridgehead atoms. The minimum Gasteiger partial charge on any atom is -0.347 e. The van der Waals surface area contributed by atoms with Crippen LogP contribution in [0.25, 0.3) is 0 Å². The third-order valence-electron chi connectivity index (χ3n) is 5.04. The molecule has 1 aliphatic heterocycles. The first-order valence-electron chi connectivity index (χ1n) is 9.32. The predicted molar refractivity (Wildman–Crippen MR) is 104 cm³/mol. The average molecular weight is 387 g/mol. The van der Waals surface area contributed by atoms with Crippen molar-refractivity contribution in [2.45, 2.75) is 45.1 Å². The summed E-state index contributed by atoms with van der Waals surface area (Å²) in [5.74, 6) is 1.32. The first-order chi connectivity index (χ1) is 13.1. The fourth-order valence-electron chi connectivity index (χ4n) is 3.52. The SMILES string of the molecule is CC(C)n1cnnc1C1CCN(c2nnc(Cc3ccccc3F)s2)CC1. The number of rotatable bonds is 5. The Hall–Kier alpha value is -2.35. The maximum atomic E-state index is 13.8. The van der Waals surface area contributed by atoms with E-state index in [1.165, 1.54) is 6.07 Å². The van der Waals surface area contributed by atoms with E-state index in [2.05, 4.69) is 43.7 Å². The van der Waals surface area contributed by atoms with Gasteiger partial charge in [-0.2, -0.15) is 0 Å². The number of anilines is 1. The number of nitrogens with zero attached hydrogens (tertiary/aromatic N) is 6. The molecule has 0 amide bonds. The summed E-state index contributed by atoms with van der Waals surface area (Å²) in [6, 6.07) is 7.21. The molecular formula is C19H23FN6S. The van der Waals surface area contributed by atoms with Crippen LogP contribution in [0.15, 0.2) is 30.6 Å². The molecule has 0 unspecified atom stereocenters. The molecule has 1 fully saturated rings. The van der Waals surface area contributed by atoms with E-state index in [0.29, 0.717) is 23.9 Å². The second-order valence-electron chi connectivity index (χ2n) is 7.20. The normalized spacial score (nSPS) is 15.6. The van der Waals surface area contributed by atoms with Crippen LogP contribution in [0.4, 0.5) is 9.52 Å². The van der Waals surface area contributed by atoms with Gasteiger partial charge in [0.1, 0.15) is 23.0 Å². The van der Waals surface area contributed by atoms with Crippen molar-refractivity contribution in [3.05, 3.63) is 52.8 Å². The van der Waals surface area contributed by atoms with Crippen LogP contribution in [-0.4, -0.2) is 38.1 Å². The van der Waals surface area contributed by atoms with Gasteiger partial charge in [-0.05, 0) is 38.3 Å². The van der Waals surface area contributed by atoms with Crippen LogP contribution < -0.4 is 4.90 Å². The first-order valence-corrected chi connectivity index (χ1v) is 10.1. The number of piperidine rings is 1. The lowest BCUT2D eigenvalue weighted by Crippen LogP contribution is -2.33. The number of hydrogen-bond donors (Lipinski definition) is 0. The lowest BCUT2D eigenvalue weighted by Gasteiger charge is -2.31. The highest BCUT2D eigenvalue weighted by atomic mass is 32.1. The monoisotopic (exact) mass is 386 g/mol. The Bertz CT molecular complexity index is 897. The average Bonchev–Trinajstić information content (AvgIpc) is 3.33. The number of aromatic nitrogens is 5. The van der Waals surface area contributed by atoms with E-state index >= 15 is 0 Å². The lowest BCUT2D eigenvalue weighted by molar-refractivity contribution is 0.448. The number of benzene rings is 1. The van der Waals surface area contributed by atoms with Gasteiger partial charge in [-0.1, -0.05) is 29.5 Å². The van der Waals surface area contributed by atoms with Crippen molar-refractivity contribution in [3.8, 4) is 0 Å². The maximum absolute atomic E-state index is 13.8. The van der Waals surface area contributed by atoms with Gasteiger partial charge in [-0.25, -0.2) is 4.39 Å². The number of hydrogen-bond acceptors (Lipinski definition) is 6. The van der Waals surface area contributed by atoms with Gasteiger partial charge in [0.05, 0.1) is 0 Å². The van der Waals surface area contributed by atoms with Crippen LogP contribution in [0.1, 0.15) is 55.0 Å². The summed E-state index contributed by atoms with van der Waals surface area (Å²) in [6.45, 7) is 6.15. The van der Waals surface area contributed by atoms with Crippen molar-refractivity contribution >= 4 is 16.5 Å². The minimum atomic E-state index is -0.190. The van der Waals surface area contributed by atoms with Gasteiger partial charge in [0.15, 0.2) is 0 Å². The highest BCUT2D eigenvalue weighted by Gasteiger charge is 2.26. The van der Waals surface area contributed by atoms with Gasteiger partial charge < -0.3 is 9.47 Å². The fourth-order valence-corrected chi connectivity index (χ4v) is 4.43. The highest BCUT2D eigenvalue weighted by molar-refractivity contribution is 7.15. The third-order valence-corrected chi connectivity index (χ3v) is 6.03. The van der Waals surface area contributed by atoms with Gasteiger partial charge in [0, 0.05) is 31.5 Å². The van der Waals surface area contributed by atoms with Crippen LogP contribution in [0, 0.1) is 5.82 Å². The van der Waals surface area contributed by atoms with E-state index in [1.54, 1.807) is 23.5 Å². The Labute approximate surface area is 162 Å². The summed E-state index contributed by atoms with van der Waals surface area (Å²) in [4.78, 5) is 2.27.